The van der Waals surface area contributed by atoms with Crippen LogP contribution in [0.3, 0.4) is 0 Å². The molecular weight excluding hydrogens is 258 g/mol. The fourth-order valence-corrected chi connectivity index (χ4v) is 2.05. The average Bonchev–Trinajstić information content (AvgIpc) is 2.36. The molecule has 0 saturated carbocycles. The van der Waals surface area contributed by atoms with Crippen LogP contribution < -0.4 is 11.1 Å². The highest BCUT2D eigenvalue weighted by Gasteiger charge is 2.17. The molecule has 0 bridgehead atoms. The summed E-state index contributed by atoms with van der Waals surface area (Å²) in [7, 11) is 0. The number of nitro benzene ring substituents is 1. The van der Waals surface area contributed by atoms with Crippen LogP contribution in [-0.4, -0.2) is 23.4 Å². The topological polar surface area (TPSA) is 98.3 Å². The molecule has 0 saturated heterocycles. The zero-order valence-electron chi connectivity index (χ0n) is 12.1. The zero-order valence-corrected chi connectivity index (χ0v) is 12.1. The molecule has 3 N–H and O–H groups in total. The molecule has 0 fully saturated rings. The van der Waals surface area contributed by atoms with Crippen molar-refractivity contribution in [2.24, 2.45) is 11.7 Å². The summed E-state index contributed by atoms with van der Waals surface area (Å²) in [4.78, 5) is 22.4. The van der Waals surface area contributed by atoms with E-state index in [1.54, 1.807) is 13.0 Å². The minimum absolute atomic E-state index is 0.0803. The lowest BCUT2D eigenvalue weighted by Gasteiger charge is -2.18. The molecule has 0 spiro atoms. The number of aryl methyl sites for hydroxylation is 1. The largest absolute Gasteiger partial charge is 0.348 e. The Hall–Kier alpha value is -1.95. The maximum atomic E-state index is 12.1. The van der Waals surface area contributed by atoms with Crippen molar-refractivity contribution in [3.8, 4) is 0 Å². The molecule has 1 amide bonds. The van der Waals surface area contributed by atoms with Crippen molar-refractivity contribution in [1.82, 2.24) is 5.32 Å². The number of benzene rings is 1. The Labute approximate surface area is 118 Å². The van der Waals surface area contributed by atoms with Crippen LogP contribution in [0.1, 0.15) is 36.2 Å². The SMILES string of the molecule is Cc1cc(C(=O)NC(CN)CC(C)C)cc([N+](=O)[O-])c1. The summed E-state index contributed by atoms with van der Waals surface area (Å²) in [6.07, 6.45) is 0.774. The van der Waals surface area contributed by atoms with E-state index in [0.717, 1.165) is 6.42 Å². The Morgan fingerprint density at radius 2 is 2.05 bits per heavy atom. The Balaban J connectivity index is 2.88. The van der Waals surface area contributed by atoms with Gasteiger partial charge in [0.2, 0.25) is 0 Å². The van der Waals surface area contributed by atoms with Crippen LogP contribution in [0.5, 0.6) is 0 Å². The molecule has 0 aliphatic heterocycles. The Bertz CT molecular complexity index is 500. The molecular formula is C14H21N3O3. The van der Waals surface area contributed by atoms with Gasteiger partial charge < -0.3 is 11.1 Å². The first-order chi connectivity index (χ1) is 9.33. The van der Waals surface area contributed by atoms with Crippen LogP contribution in [0.4, 0.5) is 5.69 Å². The third kappa shape index (κ3) is 4.62. The lowest BCUT2D eigenvalue weighted by atomic mass is 10.0. The van der Waals surface area contributed by atoms with Gasteiger partial charge in [0.25, 0.3) is 11.6 Å². The summed E-state index contributed by atoms with van der Waals surface area (Å²) in [5.74, 6) is 0.0867. The molecule has 0 heterocycles. The number of nitro groups is 1. The molecule has 1 unspecified atom stereocenters. The first-order valence-corrected chi connectivity index (χ1v) is 6.60. The number of nitrogens with one attached hydrogen (secondary N) is 1. The first-order valence-electron chi connectivity index (χ1n) is 6.60. The van der Waals surface area contributed by atoms with E-state index >= 15 is 0 Å². The minimum atomic E-state index is -0.502. The summed E-state index contributed by atoms with van der Waals surface area (Å²) in [5, 5.41) is 13.6. The van der Waals surface area contributed by atoms with Crippen LogP contribution in [0.15, 0.2) is 18.2 Å². The van der Waals surface area contributed by atoms with E-state index in [9.17, 15) is 14.9 Å². The number of carbonyl (C=O) groups is 1. The van der Waals surface area contributed by atoms with Crippen molar-refractivity contribution in [3.05, 3.63) is 39.4 Å². The maximum absolute atomic E-state index is 12.1. The summed E-state index contributed by atoms with van der Waals surface area (Å²) >= 11 is 0. The fraction of sp³-hybridized carbons (Fsp3) is 0.500. The third-order valence-electron chi connectivity index (χ3n) is 2.91. The van der Waals surface area contributed by atoms with E-state index in [4.69, 9.17) is 5.73 Å². The average molecular weight is 279 g/mol. The molecule has 1 atom stereocenters. The van der Waals surface area contributed by atoms with E-state index in [-0.39, 0.29) is 17.6 Å². The summed E-state index contributed by atoms with van der Waals surface area (Å²) in [6, 6.07) is 4.23. The monoisotopic (exact) mass is 279 g/mol. The summed E-state index contributed by atoms with van der Waals surface area (Å²) in [5.41, 5.74) is 6.52. The third-order valence-corrected chi connectivity index (χ3v) is 2.91. The van der Waals surface area contributed by atoms with Gasteiger partial charge in [-0.3, -0.25) is 14.9 Å². The number of amides is 1. The van der Waals surface area contributed by atoms with Crippen LogP contribution in [-0.2, 0) is 0 Å². The zero-order chi connectivity index (χ0) is 15.3. The molecule has 0 aliphatic rings. The number of nitrogens with zero attached hydrogens (tertiary/aromatic N) is 1. The molecule has 110 valence electrons. The van der Waals surface area contributed by atoms with Crippen molar-refractivity contribution in [1.29, 1.82) is 0 Å². The lowest BCUT2D eigenvalue weighted by Crippen LogP contribution is -2.41. The van der Waals surface area contributed by atoms with Gasteiger partial charge in [-0.15, -0.1) is 0 Å². The van der Waals surface area contributed by atoms with E-state index in [1.165, 1.54) is 12.1 Å². The molecule has 6 nitrogen and oxygen atoms in total. The van der Waals surface area contributed by atoms with Gasteiger partial charge in [0.05, 0.1) is 4.92 Å². The Morgan fingerprint density at radius 3 is 2.55 bits per heavy atom. The molecule has 0 aromatic heterocycles. The van der Waals surface area contributed by atoms with Crippen molar-refractivity contribution >= 4 is 11.6 Å². The summed E-state index contributed by atoms with van der Waals surface area (Å²) in [6.45, 7) is 6.16. The number of non-ortho nitro benzene ring substituents is 1. The normalized spacial score (nSPS) is 12.2. The molecule has 0 radical (unpaired) electrons. The molecule has 6 heteroatoms. The van der Waals surface area contributed by atoms with Crippen LogP contribution in [0.25, 0.3) is 0 Å². The molecule has 1 aromatic carbocycles. The highest BCUT2D eigenvalue weighted by Crippen LogP contribution is 2.17. The van der Waals surface area contributed by atoms with E-state index in [2.05, 4.69) is 5.32 Å². The highest BCUT2D eigenvalue weighted by molar-refractivity contribution is 5.95. The second kappa shape index (κ2) is 7.00. The van der Waals surface area contributed by atoms with Crippen molar-refractivity contribution in [2.75, 3.05) is 6.54 Å². The minimum Gasteiger partial charge on any atom is -0.348 e. The number of nitrogens with two attached hydrogens (primary N) is 1. The number of hydrogen-bond donors (Lipinski definition) is 2. The van der Waals surface area contributed by atoms with E-state index in [0.29, 0.717) is 23.6 Å². The predicted octanol–water partition coefficient (Wildman–Crippen LogP) is 2.01. The number of rotatable bonds is 6. The van der Waals surface area contributed by atoms with Crippen molar-refractivity contribution in [3.63, 3.8) is 0 Å². The number of carbonyl (C=O) groups excluding carboxylic acids is 1. The Morgan fingerprint density at radius 1 is 1.40 bits per heavy atom. The van der Waals surface area contributed by atoms with Crippen molar-refractivity contribution in [2.45, 2.75) is 33.2 Å². The predicted molar refractivity (Wildman–Crippen MR) is 77.6 cm³/mol. The van der Waals surface area contributed by atoms with Gasteiger partial charge >= 0.3 is 0 Å². The second-order valence-electron chi connectivity index (χ2n) is 5.35. The Kier molecular flexibility index (Phi) is 5.64. The second-order valence-corrected chi connectivity index (χ2v) is 5.35. The maximum Gasteiger partial charge on any atom is 0.270 e. The quantitative estimate of drug-likeness (QED) is 0.614. The van der Waals surface area contributed by atoms with Crippen LogP contribution in [0.2, 0.25) is 0 Å². The van der Waals surface area contributed by atoms with Gasteiger partial charge in [-0.2, -0.15) is 0 Å². The smallest absolute Gasteiger partial charge is 0.270 e. The van der Waals surface area contributed by atoms with Gasteiger partial charge in [0.15, 0.2) is 0 Å². The van der Waals surface area contributed by atoms with Gasteiger partial charge in [-0.25, -0.2) is 0 Å². The van der Waals surface area contributed by atoms with Crippen LogP contribution >= 0.6 is 0 Å². The number of hydrogen-bond acceptors (Lipinski definition) is 4. The molecule has 0 aliphatic carbocycles. The molecule has 1 rings (SSSR count). The first kappa shape index (κ1) is 16.1. The summed E-state index contributed by atoms with van der Waals surface area (Å²) < 4.78 is 0. The van der Waals surface area contributed by atoms with Crippen LogP contribution in [0, 0.1) is 23.0 Å². The van der Waals surface area contributed by atoms with Crippen molar-refractivity contribution < 1.29 is 9.72 Å². The molecule has 20 heavy (non-hydrogen) atoms. The standard InChI is InChI=1S/C14H21N3O3/c1-9(2)4-12(8-15)16-14(18)11-5-10(3)6-13(7-11)17(19)20/h5-7,9,12H,4,8,15H2,1-3H3,(H,16,18). The van der Waals surface area contributed by atoms with Gasteiger partial charge in [-0.1, -0.05) is 13.8 Å². The van der Waals surface area contributed by atoms with E-state index in [1.807, 2.05) is 13.8 Å². The van der Waals surface area contributed by atoms with Gasteiger partial charge in [0, 0.05) is 30.3 Å². The molecule has 1 aromatic rings. The lowest BCUT2D eigenvalue weighted by molar-refractivity contribution is -0.384. The highest BCUT2D eigenvalue weighted by atomic mass is 16.6. The fourth-order valence-electron chi connectivity index (χ4n) is 2.05. The van der Waals surface area contributed by atoms with Gasteiger partial charge in [0.1, 0.15) is 0 Å². The van der Waals surface area contributed by atoms with Gasteiger partial charge in [-0.05, 0) is 30.9 Å². The van der Waals surface area contributed by atoms with E-state index < -0.39 is 4.92 Å².